The van der Waals surface area contributed by atoms with Gasteiger partial charge in [-0.1, -0.05) is 26.2 Å². The molecule has 1 aliphatic rings. The van der Waals surface area contributed by atoms with E-state index in [1.54, 1.807) is 0 Å². The van der Waals surface area contributed by atoms with Crippen LogP contribution in [0.3, 0.4) is 0 Å². The van der Waals surface area contributed by atoms with Crippen molar-refractivity contribution in [2.24, 2.45) is 5.92 Å². The lowest BCUT2D eigenvalue weighted by Gasteiger charge is -2.26. The van der Waals surface area contributed by atoms with E-state index in [1.807, 2.05) is 0 Å². The zero-order valence-electron chi connectivity index (χ0n) is 8.98. The smallest absolute Gasteiger partial charge is 0.322 e. The summed E-state index contributed by atoms with van der Waals surface area (Å²) in [5.41, 5.74) is 0. The number of aliphatic carboxylic acids is 1. The first-order valence-corrected chi connectivity index (χ1v) is 7.15. The van der Waals surface area contributed by atoms with Crippen LogP contribution in [0.15, 0.2) is 0 Å². The van der Waals surface area contributed by atoms with Crippen molar-refractivity contribution in [3.63, 3.8) is 0 Å². The maximum absolute atomic E-state index is 11.7. The Hall–Kier alpha value is -0.580. The van der Waals surface area contributed by atoms with Crippen molar-refractivity contribution in [2.75, 3.05) is 5.75 Å². The zero-order valence-corrected chi connectivity index (χ0v) is 9.79. The molecule has 1 rings (SSSR count). The van der Waals surface area contributed by atoms with Gasteiger partial charge in [-0.25, -0.2) is 8.42 Å². The Labute approximate surface area is 90.6 Å². The highest BCUT2D eigenvalue weighted by molar-refractivity contribution is 7.92. The normalized spacial score (nSPS) is 21.1. The van der Waals surface area contributed by atoms with E-state index in [-0.39, 0.29) is 11.7 Å². The number of carboxylic acid groups (broad SMARTS) is 1. The highest BCUT2D eigenvalue weighted by Crippen LogP contribution is 2.30. The van der Waals surface area contributed by atoms with E-state index in [4.69, 9.17) is 5.11 Å². The molecule has 0 amide bonds. The lowest BCUT2D eigenvalue weighted by atomic mass is 9.87. The average Bonchev–Trinajstić information content (AvgIpc) is 2.18. The Morgan fingerprint density at radius 2 is 1.87 bits per heavy atom. The van der Waals surface area contributed by atoms with Gasteiger partial charge >= 0.3 is 5.97 Å². The first kappa shape index (κ1) is 12.5. The second kappa shape index (κ2) is 4.96. The number of sulfone groups is 1. The summed E-state index contributed by atoms with van der Waals surface area (Å²) in [5.74, 6) is -1.44. The second-order valence-electron chi connectivity index (χ2n) is 4.11. The minimum absolute atomic E-state index is 0.0829. The van der Waals surface area contributed by atoms with Gasteiger partial charge in [-0.3, -0.25) is 4.79 Å². The molecule has 1 atom stereocenters. The van der Waals surface area contributed by atoms with Crippen LogP contribution in [0.1, 0.15) is 39.0 Å². The van der Waals surface area contributed by atoms with E-state index < -0.39 is 21.1 Å². The molecule has 0 radical (unpaired) electrons. The van der Waals surface area contributed by atoms with E-state index in [9.17, 15) is 13.2 Å². The van der Waals surface area contributed by atoms with Gasteiger partial charge in [0.1, 0.15) is 0 Å². The Morgan fingerprint density at radius 1 is 1.33 bits per heavy atom. The maximum Gasteiger partial charge on any atom is 0.322 e. The summed E-state index contributed by atoms with van der Waals surface area (Å²) in [6.07, 6.45) is 4.46. The molecule has 0 saturated heterocycles. The van der Waals surface area contributed by atoms with Crippen LogP contribution in [0.4, 0.5) is 0 Å². The van der Waals surface area contributed by atoms with Gasteiger partial charge in [0.05, 0.1) is 0 Å². The number of rotatable bonds is 4. The van der Waals surface area contributed by atoms with Gasteiger partial charge in [0.2, 0.25) is 0 Å². The summed E-state index contributed by atoms with van der Waals surface area (Å²) in [7, 11) is -3.46. The zero-order chi connectivity index (χ0) is 11.5. The Kier molecular flexibility index (Phi) is 4.13. The summed E-state index contributed by atoms with van der Waals surface area (Å²) in [5, 5.41) is 7.84. The molecule has 0 aromatic rings. The maximum atomic E-state index is 11.7. The Morgan fingerprint density at radius 3 is 2.27 bits per heavy atom. The van der Waals surface area contributed by atoms with Crippen LogP contribution >= 0.6 is 0 Å². The molecule has 88 valence electrons. The molecule has 15 heavy (non-hydrogen) atoms. The Bertz CT molecular complexity index is 314. The fourth-order valence-electron chi connectivity index (χ4n) is 2.26. The standard InChI is InChI=1S/C10H18O4S/c1-2-15(13,14)9(10(11)12)8-6-4-3-5-7-8/h8-9H,2-7H2,1H3,(H,11,12). The molecule has 0 aromatic carbocycles. The molecule has 0 heterocycles. The molecular weight excluding hydrogens is 216 g/mol. The van der Waals surface area contributed by atoms with Gasteiger partial charge in [0.25, 0.3) is 0 Å². The highest BCUT2D eigenvalue weighted by Gasteiger charge is 2.38. The number of carbonyl (C=O) groups is 1. The van der Waals surface area contributed by atoms with Crippen LogP contribution in [0, 0.1) is 5.92 Å². The monoisotopic (exact) mass is 234 g/mol. The molecule has 1 saturated carbocycles. The molecule has 1 unspecified atom stereocenters. The van der Waals surface area contributed by atoms with Crippen LogP contribution in [0.5, 0.6) is 0 Å². The Balaban J connectivity index is 2.87. The van der Waals surface area contributed by atoms with Crippen molar-refractivity contribution in [1.82, 2.24) is 0 Å². The predicted octanol–water partition coefficient (Wildman–Crippen LogP) is 1.45. The lowest BCUT2D eigenvalue weighted by molar-refractivity contribution is -0.137. The SMILES string of the molecule is CCS(=O)(=O)C(C(=O)O)C1CCCCC1. The van der Waals surface area contributed by atoms with Gasteiger partial charge in [-0.15, -0.1) is 0 Å². The van der Waals surface area contributed by atoms with Gasteiger partial charge in [0.15, 0.2) is 15.1 Å². The first-order valence-electron chi connectivity index (χ1n) is 5.43. The molecule has 0 aliphatic heterocycles. The van der Waals surface area contributed by atoms with Crippen molar-refractivity contribution >= 4 is 15.8 Å². The summed E-state index contributed by atoms with van der Waals surface area (Å²) >= 11 is 0. The number of hydrogen-bond acceptors (Lipinski definition) is 3. The van der Waals surface area contributed by atoms with Crippen LogP contribution in [-0.2, 0) is 14.6 Å². The quantitative estimate of drug-likeness (QED) is 0.799. The van der Waals surface area contributed by atoms with Crippen molar-refractivity contribution in [3.8, 4) is 0 Å². The number of carboxylic acids is 1. The molecule has 1 fully saturated rings. The van der Waals surface area contributed by atoms with Gasteiger partial charge in [0, 0.05) is 5.75 Å². The summed E-state index contributed by atoms with van der Waals surface area (Å²) in [6.45, 7) is 1.51. The first-order chi connectivity index (χ1) is 6.99. The van der Waals surface area contributed by atoms with Crippen LogP contribution in [-0.4, -0.2) is 30.5 Å². The van der Waals surface area contributed by atoms with E-state index >= 15 is 0 Å². The topological polar surface area (TPSA) is 71.4 Å². The molecule has 0 spiro atoms. The fraction of sp³-hybridized carbons (Fsp3) is 0.900. The average molecular weight is 234 g/mol. The molecule has 1 N–H and O–H groups in total. The summed E-state index contributed by atoms with van der Waals surface area (Å²) in [6, 6.07) is 0. The summed E-state index contributed by atoms with van der Waals surface area (Å²) < 4.78 is 23.3. The van der Waals surface area contributed by atoms with Crippen molar-refractivity contribution in [1.29, 1.82) is 0 Å². The van der Waals surface area contributed by atoms with E-state index in [2.05, 4.69) is 0 Å². The number of hydrogen-bond donors (Lipinski definition) is 1. The van der Waals surface area contributed by atoms with Crippen molar-refractivity contribution < 1.29 is 18.3 Å². The lowest BCUT2D eigenvalue weighted by Crippen LogP contribution is -2.39. The molecule has 4 nitrogen and oxygen atoms in total. The molecule has 0 aromatic heterocycles. The van der Waals surface area contributed by atoms with Crippen molar-refractivity contribution in [3.05, 3.63) is 0 Å². The highest BCUT2D eigenvalue weighted by atomic mass is 32.2. The third-order valence-electron chi connectivity index (χ3n) is 3.11. The van der Waals surface area contributed by atoms with Gasteiger partial charge in [-0.05, 0) is 18.8 Å². The third kappa shape index (κ3) is 2.93. The van der Waals surface area contributed by atoms with Crippen LogP contribution in [0.25, 0.3) is 0 Å². The minimum Gasteiger partial charge on any atom is -0.480 e. The minimum atomic E-state index is -3.46. The van der Waals surface area contributed by atoms with Crippen molar-refractivity contribution in [2.45, 2.75) is 44.3 Å². The van der Waals surface area contributed by atoms with E-state index in [0.29, 0.717) is 0 Å². The largest absolute Gasteiger partial charge is 0.480 e. The van der Waals surface area contributed by atoms with Gasteiger partial charge in [-0.2, -0.15) is 0 Å². The molecule has 1 aliphatic carbocycles. The molecule has 0 bridgehead atoms. The van der Waals surface area contributed by atoms with Gasteiger partial charge < -0.3 is 5.11 Å². The molecular formula is C10H18O4S. The van der Waals surface area contributed by atoms with E-state index in [0.717, 1.165) is 32.1 Å². The second-order valence-corrected chi connectivity index (χ2v) is 6.52. The van der Waals surface area contributed by atoms with E-state index in [1.165, 1.54) is 6.92 Å². The van der Waals surface area contributed by atoms with Crippen LogP contribution in [0.2, 0.25) is 0 Å². The predicted molar refractivity (Wildman–Crippen MR) is 57.5 cm³/mol. The third-order valence-corrected chi connectivity index (χ3v) is 5.28. The molecule has 5 heteroatoms. The summed E-state index contributed by atoms with van der Waals surface area (Å²) in [4.78, 5) is 11.0. The fourth-order valence-corrected chi connectivity index (χ4v) is 3.79. The van der Waals surface area contributed by atoms with Crippen LogP contribution < -0.4 is 0 Å².